The van der Waals surface area contributed by atoms with Gasteiger partial charge < -0.3 is 9.64 Å². The Morgan fingerprint density at radius 1 is 1.11 bits per heavy atom. The summed E-state index contributed by atoms with van der Waals surface area (Å²) in [6, 6.07) is 21.0. The summed E-state index contributed by atoms with van der Waals surface area (Å²) in [5, 5.41) is 0.905. The zero-order valence-corrected chi connectivity index (χ0v) is 20.0. The molecule has 1 heterocycles. The average molecular weight is 490 g/mol. The minimum absolute atomic E-state index is 0.0830. The number of aromatic nitrogens is 2. The Labute approximate surface area is 206 Å². The van der Waals surface area contributed by atoms with Crippen molar-refractivity contribution in [3.05, 3.63) is 94.5 Å². The van der Waals surface area contributed by atoms with Gasteiger partial charge in [-0.15, -0.1) is 0 Å². The highest BCUT2D eigenvalue weighted by molar-refractivity contribution is 7.99. The van der Waals surface area contributed by atoms with E-state index in [0.717, 1.165) is 12.8 Å². The average Bonchev–Trinajstić information content (AvgIpc) is 3.72. The Hall–Kier alpha value is -3.65. The fourth-order valence-corrected chi connectivity index (χ4v) is 4.91. The molecular weight excluding hydrogens is 465 g/mol. The van der Waals surface area contributed by atoms with Crippen LogP contribution < -0.4 is 10.3 Å². The third-order valence-electron chi connectivity index (χ3n) is 5.99. The van der Waals surface area contributed by atoms with E-state index < -0.39 is 0 Å². The third-order valence-corrected chi connectivity index (χ3v) is 6.91. The molecule has 5 rings (SSSR count). The summed E-state index contributed by atoms with van der Waals surface area (Å²) in [6.07, 6.45) is 1.82. The molecular formula is C27H24FN3O3S. The normalized spacial score (nSPS) is 13.1. The molecule has 0 spiro atoms. The van der Waals surface area contributed by atoms with E-state index in [1.54, 1.807) is 72.7 Å². The first-order chi connectivity index (χ1) is 17.0. The van der Waals surface area contributed by atoms with Crippen LogP contribution >= 0.6 is 11.8 Å². The number of benzene rings is 3. The van der Waals surface area contributed by atoms with Gasteiger partial charge in [-0.05, 0) is 43.2 Å². The quantitative estimate of drug-likeness (QED) is 0.262. The molecule has 8 heteroatoms. The zero-order valence-electron chi connectivity index (χ0n) is 19.2. The van der Waals surface area contributed by atoms with E-state index in [4.69, 9.17) is 9.72 Å². The number of hydrogen-bond acceptors (Lipinski definition) is 5. The van der Waals surface area contributed by atoms with E-state index in [0.29, 0.717) is 33.1 Å². The van der Waals surface area contributed by atoms with Gasteiger partial charge in [0.05, 0.1) is 29.5 Å². The van der Waals surface area contributed by atoms with E-state index in [-0.39, 0.29) is 35.6 Å². The first-order valence-corrected chi connectivity index (χ1v) is 12.4. The predicted molar refractivity (Wildman–Crippen MR) is 135 cm³/mol. The molecule has 1 amide bonds. The van der Waals surface area contributed by atoms with Crippen molar-refractivity contribution in [2.45, 2.75) is 30.6 Å². The van der Waals surface area contributed by atoms with Crippen LogP contribution in [-0.4, -0.2) is 39.3 Å². The van der Waals surface area contributed by atoms with Gasteiger partial charge in [0.25, 0.3) is 5.56 Å². The molecule has 178 valence electrons. The van der Waals surface area contributed by atoms with Crippen molar-refractivity contribution < 1.29 is 13.9 Å². The lowest BCUT2D eigenvalue weighted by Crippen LogP contribution is -2.34. The first-order valence-electron chi connectivity index (χ1n) is 11.4. The van der Waals surface area contributed by atoms with Gasteiger partial charge in [0.15, 0.2) is 5.16 Å². The summed E-state index contributed by atoms with van der Waals surface area (Å²) in [5.41, 5.74) is 1.45. The van der Waals surface area contributed by atoms with E-state index in [2.05, 4.69) is 0 Å². The molecule has 0 radical (unpaired) electrons. The lowest BCUT2D eigenvalue weighted by molar-refractivity contribution is -0.129. The minimum atomic E-state index is -0.318. The van der Waals surface area contributed by atoms with E-state index in [1.165, 1.54) is 22.4 Å². The maximum Gasteiger partial charge on any atom is 0.266 e. The monoisotopic (exact) mass is 489 g/mol. The summed E-state index contributed by atoms with van der Waals surface area (Å²) in [6.45, 7) is 0.227. The molecule has 1 aliphatic rings. The molecule has 1 saturated carbocycles. The summed E-state index contributed by atoms with van der Waals surface area (Å²) in [5.74, 6) is 0.265. The Balaban J connectivity index is 1.47. The van der Waals surface area contributed by atoms with Crippen LogP contribution in [0.2, 0.25) is 0 Å². The molecule has 0 N–H and O–H groups in total. The van der Waals surface area contributed by atoms with Gasteiger partial charge in [0.2, 0.25) is 5.91 Å². The predicted octanol–water partition coefficient (Wildman–Crippen LogP) is 4.82. The molecule has 1 fully saturated rings. The van der Waals surface area contributed by atoms with Crippen LogP contribution in [0, 0.1) is 5.82 Å². The van der Waals surface area contributed by atoms with Crippen molar-refractivity contribution in [3.63, 3.8) is 0 Å². The summed E-state index contributed by atoms with van der Waals surface area (Å²) in [4.78, 5) is 33.2. The van der Waals surface area contributed by atoms with Gasteiger partial charge >= 0.3 is 0 Å². The van der Waals surface area contributed by atoms with E-state index in [1.807, 2.05) is 6.07 Å². The van der Waals surface area contributed by atoms with Gasteiger partial charge in [-0.2, -0.15) is 0 Å². The fraction of sp³-hybridized carbons (Fsp3) is 0.222. The lowest BCUT2D eigenvalue weighted by Gasteiger charge is -2.23. The summed E-state index contributed by atoms with van der Waals surface area (Å²) >= 11 is 1.21. The number of nitrogens with zero attached hydrogens (tertiary/aromatic N) is 3. The fourth-order valence-electron chi connectivity index (χ4n) is 4.01. The highest BCUT2D eigenvalue weighted by Crippen LogP contribution is 2.31. The molecule has 1 aromatic heterocycles. The second-order valence-electron chi connectivity index (χ2n) is 8.39. The van der Waals surface area contributed by atoms with E-state index in [9.17, 15) is 14.0 Å². The number of rotatable bonds is 8. The van der Waals surface area contributed by atoms with Gasteiger partial charge in [-0.1, -0.05) is 48.2 Å². The van der Waals surface area contributed by atoms with Gasteiger partial charge in [0, 0.05) is 24.2 Å². The number of amides is 1. The number of para-hydroxylation sites is 1. The number of hydrogen-bond donors (Lipinski definition) is 0. The standard InChI is InChI=1S/C27H24FN3O3S/c1-34-21-9-6-8-20(15-21)31-26(33)22-10-3-5-12-24(22)29-27(31)35-17-25(32)30(19-13-14-19)16-18-7-2-4-11-23(18)28/h2-12,15,19H,13-14,16-17H2,1H3. The van der Waals surface area contributed by atoms with E-state index >= 15 is 0 Å². The van der Waals surface area contributed by atoms with Crippen LogP contribution in [0.5, 0.6) is 5.75 Å². The molecule has 0 bridgehead atoms. The SMILES string of the molecule is COc1cccc(-n2c(SCC(=O)N(Cc3ccccc3F)C3CC3)nc3ccccc3c2=O)c1. The number of carbonyl (C=O) groups is 1. The molecule has 0 atom stereocenters. The number of carbonyl (C=O) groups excluding carboxylic acids is 1. The van der Waals surface area contributed by atoms with Crippen molar-refractivity contribution in [3.8, 4) is 11.4 Å². The number of methoxy groups -OCH3 is 1. The van der Waals surface area contributed by atoms with Crippen LogP contribution in [0.25, 0.3) is 16.6 Å². The lowest BCUT2D eigenvalue weighted by atomic mass is 10.2. The number of ether oxygens (including phenoxy) is 1. The van der Waals surface area contributed by atoms with Crippen molar-refractivity contribution >= 4 is 28.6 Å². The molecule has 1 aliphatic carbocycles. The molecule has 35 heavy (non-hydrogen) atoms. The van der Waals surface area contributed by atoms with Gasteiger partial charge in [-0.3, -0.25) is 14.2 Å². The smallest absolute Gasteiger partial charge is 0.266 e. The largest absolute Gasteiger partial charge is 0.497 e. The van der Waals surface area contributed by atoms with Crippen molar-refractivity contribution in [2.24, 2.45) is 0 Å². The first kappa shape index (κ1) is 23.1. The summed E-state index contributed by atoms with van der Waals surface area (Å²) in [7, 11) is 1.57. The maximum absolute atomic E-state index is 14.2. The third kappa shape index (κ3) is 4.93. The number of halogens is 1. The van der Waals surface area contributed by atoms with Crippen LogP contribution in [0.1, 0.15) is 18.4 Å². The number of fused-ring (bicyclic) bond motifs is 1. The van der Waals surface area contributed by atoms with Gasteiger partial charge in [0.1, 0.15) is 11.6 Å². The van der Waals surface area contributed by atoms with Crippen LogP contribution in [-0.2, 0) is 11.3 Å². The van der Waals surface area contributed by atoms with Crippen LogP contribution in [0.15, 0.2) is 82.7 Å². The second-order valence-corrected chi connectivity index (χ2v) is 9.33. The highest BCUT2D eigenvalue weighted by atomic mass is 32.2. The minimum Gasteiger partial charge on any atom is -0.497 e. The summed E-state index contributed by atoms with van der Waals surface area (Å²) < 4.78 is 21.1. The topological polar surface area (TPSA) is 64.4 Å². The Bertz CT molecular complexity index is 1450. The zero-order chi connectivity index (χ0) is 24.4. The molecule has 4 aromatic rings. The number of thioether (sulfide) groups is 1. The molecule has 6 nitrogen and oxygen atoms in total. The van der Waals surface area contributed by atoms with Crippen molar-refractivity contribution in [2.75, 3.05) is 12.9 Å². The van der Waals surface area contributed by atoms with Crippen molar-refractivity contribution in [1.82, 2.24) is 14.5 Å². The Morgan fingerprint density at radius 2 is 1.89 bits per heavy atom. The molecule has 3 aromatic carbocycles. The second kappa shape index (κ2) is 9.92. The highest BCUT2D eigenvalue weighted by Gasteiger charge is 2.33. The maximum atomic E-state index is 14.2. The molecule has 0 saturated heterocycles. The molecule has 0 aliphatic heterocycles. The van der Waals surface area contributed by atoms with Crippen molar-refractivity contribution in [1.29, 1.82) is 0 Å². The molecule has 0 unspecified atom stereocenters. The van der Waals surface area contributed by atoms with Crippen LogP contribution in [0.3, 0.4) is 0 Å². The Morgan fingerprint density at radius 3 is 2.66 bits per heavy atom. The van der Waals surface area contributed by atoms with Gasteiger partial charge in [-0.25, -0.2) is 9.37 Å². The Kier molecular flexibility index (Phi) is 6.55. The van der Waals surface area contributed by atoms with Crippen LogP contribution in [0.4, 0.5) is 4.39 Å².